The number of hydrogen-bond acceptors (Lipinski definition) is 15. The van der Waals surface area contributed by atoms with Crippen molar-refractivity contribution in [2.75, 3.05) is 39.6 Å². The van der Waals surface area contributed by atoms with E-state index in [0.717, 1.165) is 120 Å². The van der Waals surface area contributed by atoms with Crippen molar-refractivity contribution >= 4 is 39.5 Å². The number of ether oxygens (including phenoxy) is 4. The van der Waals surface area contributed by atoms with Gasteiger partial charge in [-0.1, -0.05) is 357 Å². The normalized spacial score (nSPS) is 14.3. The molecule has 0 aromatic heterocycles. The van der Waals surface area contributed by atoms with Gasteiger partial charge in [-0.15, -0.1) is 0 Å². The number of phosphoric ester groups is 2. The van der Waals surface area contributed by atoms with Gasteiger partial charge >= 0.3 is 39.5 Å². The van der Waals surface area contributed by atoms with Crippen molar-refractivity contribution in [3.63, 3.8) is 0 Å². The van der Waals surface area contributed by atoms with Crippen LogP contribution in [0.5, 0.6) is 0 Å². The Morgan fingerprint density at radius 2 is 0.485 bits per heavy atom. The van der Waals surface area contributed by atoms with Gasteiger partial charge in [0.05, 0.1) is 26.4 Å². The standard InChI is InChI=1S/C80H156O17P2/c1-9-73(8)59-51-43-38-39-45-53-61-78(83)91-67-76(97-80(85)63-55-47-37-31-25-19-22-28-34-42-50-58-72(6)7)69-95-99(88,89)93-65-74(81)64-92-98(86,87)94-68-75(96-79(84)62-54-46-36-30-24-18-14-16-21-27-33-41-49-57-71(4)5)66-90-77(82)60-52-44-35-29-23-17-13-11-10-12-15-20-26-32-40-48-56-70(2)3/h70-76,81H,9-69H2,1-8H3,(H,86,87)(H,88,89)/t73?,74-,75-,76-/m1/s1. The highest BCUT2D eigenvalue weighted by Crippen LogP contribution is 2.45. The second-order valence-electron chi connectivity index (χ2n) is 30.5. The predicted molar refractivity (Wildman–Crippen MR) is 404 cm³/mol. The van der Waals surface area contributed by atoms with Crippen LogP contribution in [-0.4, -0.2) is 96.7 Å². The molecule has 0 saturated carbocycles. The Morgan fingerprint density at radius 1 is 0.283 bits per heavy atom. The summed E-state index contributed by atoms with van der Waals surface area (Å²) in [6, 6.07) is 0. The maximum Gasteiger partial charge on any atom is 0.472 e. The van der Waals surface area contributed by atoms with Crippen molar-refractivity contribution < 1.29 is 80.2 Å². The first-order valence-corrected chi connectivity index (χ1v) is 44.2. The zero-order chi connectivity index (χ0) is 73.1. The molecule has 0 bridgehead atoms. The van der Waals surface area contributed by atoms with E-state index in [9.17, 15) is 43.2 Å². The van der Waals surface area contributed by atoms with E-state index in [1.807, 2.05) is 0 Å². The molecule has 0 saturated heterocycles. The van der Waals surface area contributed by atoms with Crippen molar-refractivity contribution in [1.29, 1.82) is 0 Å². The van der Waals surface area contributed by atoms with E-state index in [4.69, 9.17) is 37.0 Å². The first kappa shape index (κ1) is 97.1. The topological polar surface area (TPSA) is 237 Å². The number of aliphatic hydroxyl groups excluding tert-OH is 1. The van der Waals surface area contributed by atoms with Crippen LogP contribution in [0, 0.1) is 23.7 Å². The number of carbonyl (C=O) groups is 4. The third kappa shape index (κ3) is 72.8. The van der Waals surface area contributed by atoms with Gasteiger partial charge < -0.3 is 33.8 Å². The third-order valence-electron chi connectivity index (χ3n) is 18.9. The molecule has 19 heteroatoms. The maximum absolute atomic E-state index is 13.1. The van der Waals surface area contributed by atoms with Crippen LogP contribution >= 0.6 is 15.6 Å². The molecule has 0 spiro atoms. The molecule has 0 aromatic carbocycles. The van der Waals surface area contributed by atoms with Crippen molar-refractivity contribution in [2.45, 2.75) is 427 Å². The number of esters is 4. The fraction of sp³-hybridized carbons (Fsp3) is 0.950. The van der Waals surface area contributed by atoms with Gasteiger partial charge in [0.25, 0.3) is 0 Å². The summed E-state index contributed by atoms with van der Waals surface area (Å²) in [5, 5.41) is 10.6. The molecule has 588 valence electrons. The van der Waals surface area contributed by atoms with Crippen LogP contribution in [0.2, 0.25) is 0 Å². The monoisotopic (exact) mass is 1450 g/mol. The van der Waals surface area contributed by atoms with E-state index in [0.29, 0.717) is 25.7 Å². The SMILES string of the molecule is CCC(C)CCCCCCCCC(=O)OC[C@H](COP(=O)(O)OC[C@H](O)COP(=O)(O)OC[C@@H](COC(=O)CCCCCCCCCCCCCCCCCCC(C)C)OC(=O)CCCCCCCCCCCCCCCC(C)C)OC(=O)CCCCCCCCCCCCCC(C)C. The molecule has 0 fully saturated rings. The molecule has 0 amide bonds. The lowest BCUT2D eigenvalue weighted by molar-refractivity contribution is -0.161. The lowest BCUT2D eigenvalue weighted by atomic mass is 10.00. The molecule has 0 aliphatic carbocycles. The quantitative estimate of drug-likeness (QED) is 0.0222. The summed E-state index contributed by atoms with van der Waals surface area (Å²) >= 11 is 0. The Morgan fingerprint density at radius 3 is 0.717 bits per heavy atom. The predicted octanol–water partition coefficient (Wildman–Crippen LogP) is 23.6. The first-order valence-electron chi connectivity index (χ1n) is 41.2. The van der Waals surface area contributed by atoms with Gasteiger partial charge in [-0.2, -0.15) is 0 Å². The molecular weight excluding hydrogens is 1290 g/mol. The molecule has 0 aliphatic rings. The number of phosphoric acid groups is 2. The number of hydrogen-bond donors (Lipinski definition) is 3. The summed E-state index contributed by atoms with van der Waals surface area (Å²) in [5.41, 5.74) is 0. The van der Waals surface area contributed by atoms with Gasteiger partial charge in [-0.3, -0.25) is 37.3 Å². The molecule has 6 atom stereocenters. The average molecular weight is 1450 g/mol. The molecule has 3 N–H and O–H groups in total. The number of unbranched alkanes of at least 4 members (excludes halogenated alkanes) is 42. The minimum atomic E-state index is -4.96. The van der Waals surface area contributed by atoms with Crippen molar-refractivity contribution in [3.8, 4) is 0 Å². The summed E-state index contributed by atoms with van der Waals surface area (Å²) < 4.78 is 68.7. The summed E-state index contributed by atoms with van der Waals surface area (Å²) in [7, 11) is -9.92. The largest absolute Gasteiger partial charge is 0.472 e. The zero-order valence-corrected chi connectivity index (χ0v) is 66.9. The lowest BCUT2D eigenvalue weighted by Crippen LogP contribution is -2.30. The molecule has 0 aromatic rings. The van der Waals surface area contributed by atoms with Crippen LogP contribution in [0.4, 0.5) is 0 Å². The van der Waals surface area contributed by atoms with E-state index in [1.54, 1.807) is 0 Å². The van der Waals surface area contributed by atoms with Gasteiger partial charge in [0.2, 0.25) is 0 Å². The first-order chi connectivity index (χ1) is 47.6. The second kappa shape index (κ2) is 69.1. The van der Waals surface area contributed by atoms with E-state index in [1.165, 1.54) is 205 Å². The van der Waals surface area contributed by atoms with Crippen molar-refractivity contribution in [2.24, 2.45) is 23.7 Å². The molecule has 0 rings (SSSR count). The molecule has 0 aliphatic heterocycles. The highest BCUT2D eigenvalue weighted by atomic mass is 31.2. The van der Waals surface area contributed by atoms with Crippen LogP contribution < -0.4 is 0 Å². The van der Waals surface area contributed by atoms with Crippen LogP contribution in [0.1, 0.15) is 409 Å². The molecule has 0 heterocycles. The van der Waals surface area contributed by atoms with Gasteiger partial charge in [-0.05, 0) is 49.4 Å². The number of carbonyl (C=O) groups excluding carboxylic acids is 4. The smallest absolute Gasteiger partial charge is 0.462 e. The fourth-order valence-electron chi connectivity index (χ4n) is 12.2. The van der Waals surface area contributed by atoms with E-state index < -0.39 is 97.5 Å². The van der Waals surface area contributed by atoms with E-state index >= 15 is 0 Å². The Balaban J connectivity index is 5.24. The van der Waals surface area contributed by atoms with Crippen LogP contribution in [0.15, 0.2) is 0 Å². The summed E-state index contributed by atoms with van der Waals surface area (Å²) in [6.45, 7) is 14.2. The van der Waals surface area contributed by atoms with Crippen molar-refractivity contribution in [1.82, 2.24) is 0 Å². The summed E-state index contributed by atoms with van der Waals surface area (Å²) in [5.74, 6) is 0.979. The highest BCUT2D eigenvalue weighted by Gasteiger charge is 2.30. The molecular formula is C80H156O17P2. The minimum absolute atomic E-state index is 0.105. The average Bonchev–Trinajstić information content (AvgIpc) is 0.968. The lowest BCUT2D eigenvalue weighted by Gasteiger charge is -2.21. The third-order valence-corrected chi connectivity index (χ3v) is 20.8. The fourth-order valence-corrected chi connectivity index (χ4v) is 13.8. The summed E-state index contributed by atoms with van der Waals surface area (Å²) in [4.78, 5) is 73.0. The Hall–Kier alpha value is -1.94. The highest BCUT2D eigenvalue weighted by molar-refractivity contribution is 7.47. The Labute approximate surface area is 607 Å². The van der Waals surface area contributed by atoms with Crippen LogP contribution in [-0.2, 0) is 65.4 Å². The molecule has 3 unspecified atom stereocenters. The van der Waals surface area contributed by atoms with Crippen LogP contribution in [0.25, 0.3) is 0 Å². The van der Waals surface area contributed by atoms with Crippen LogP contribution in [0.3, 0.4) is 0 Å². The van der Waals surface area contributed by atoms with E-state index in [2.05, 4.69) is 55.4 Å². The van der Waals surface area contributed by atoms with E-state index in [-0.39, 0.29) is 25.7 Å². The van der Waals surface area contributed by atoms with Gasteiger partial charge in [0.1, 0.15) is 19.3 Å². The zero-order valence-electron chi connectivity index (χ0n) is 65.1. The number of rotatable bonds is 77. The van der Waals surface area contributed by atoms with Crippen molar-refractivity contribution in [3.05, 3.63) is 0 Å². The maximum atomic E-state index is 13.1. The summed E-state index contributed by atoms with van der Waals surface area (Å²) in [6.07, 6.45) is 55.5. The molecule has 99 heavy (non-hydrogen) atoms. The minimum Gasteiger partial charge on any atom is -0.462 e. The molecule has 17 nitrogen and oxygen atoms in total. The van der Waals surface area contributed by atoms with Gasteiger partial charge in [-0.25, -0.2) is 9.13 Å². The Kier molecular flexibility index (Phi) is 67.8. The van der Waals surface area contributed by atoms with Gasteiger partial charge in [0, 0.05) is 25.7 Å². The second-order valence-corrected chi connectivity index (χ2v) is 33.4. The Bertz CT molecular complexity index is 1940. The van der Waals surface area contributed by atoms with Gasteiger partial charge in [0.15, 0.2) is 12.2 Å². The number of aliphatic hydroxyl groups is 1. The molecule has 0 radical (unpaired) electrons.